The summed E-state index contributed by atoms with van der Waals surface area (Å²) in [5, 5.41) is 7.75. The van der Waals surface area contributed by atoms with Gasteiger partial charge in [-0.25, -0.2) is 0 Å². The van der Waals surface area contributed by atoms with E-state index in [0.29, 0.717) is 0 Å². The zero-order valence-corrected chi connectivity index (χ0v) is 18.2. The molecule has 0 unspecified atom stereocenters. The summed E-state index contributed by atoms with van der Waals surface area (Å²) in [6, 6.07) is 37.0. The van der Waals surface area contributed by atoms with Crippen molar-refractivity contribution in [1.82, 2.24) is 0 Å². The van der Waals surface area contributed by atoms with Gasteiger partial charge >= 0.3 is 0 Å². The van der Waals surface area contributed by atoms with Crippen LogP contribution in [0.4, 0.5) is 17.1 Å². The van der Waals surface area contributed by atoms with Crippen molar-refractivity contribution in [3.05, 3.63) is 109 Å². The molecule has 0 radical (unpaired) electrons. The number of hydrogen-bond acceptors (Lipinski definition) is 2. The molecule has 0 fully saturated rings. The van der Waals surface area contributed by atoms with Crippen molar-refractivity contribution < 1.29 is 4.74 Å². The first-order chi connectivity index (χ1) is 15.7. The topological polar surface area (TPSA) is 12.5 Å². The second-order valence-electron chi connectivity index (χ2n) is 8.31. The average Bonchev–Trinajstić information content (AvgIpc) is 2.85. The van der Waals surface area contributed by atoms with Crippen LogP contribution < -0.4 is 9.64 Å². The molecule has 0 aliphatic rings. The van der Waals surface area contributed by atoms with Gasteiger partial charge in [0.15, 0.2) is 0 Å². The molecule has 154 valence electrons. The molecule has 2 nitrogen and oxygen atoms in total. The van der Waals surface area contributed by atoms with Crippen LogP contribution in [0, 0.1) is 6.92 Å². The average molecular weight is 414 g/mol. The van der Waals surface area contributed by atoms with Gasteiger partial charge in [0, 0.05) is 16.8 Å². The van der Waals surface area contributed by atoms with Crippen LogP contribution in [0.3, 0.4) is 0 Å². The number of methoxy groups -OCH3 is 1. The van der Waals surface area contributed by atoms with E-state index in [0.717, 1.165) is 17.1 Å². The minimum Gasteiger partial charge on any atom is -0.497 e. The SMILES string of the molecule is COc1ccc(N(c2ccc(C)cc2)c2ccc3ccc4cccc5ccc2c3c45)cc1. The van der Waals surface area contributed by atoms with Crippen molar-refractivity contribution in [2.24, 2.45) is 0 Å². The van der Waals surface area contributed by atoms with Gasteiger partial charge in [0.05, 0.1) is 12.8 Å². The Labute approximate surface area is 187 Å². The molecule has 6 rings (SSSR count). The molecule has 0 aromatic heterocycles. The third kappa shape index (κ3) is 2.88. The van der Waals surface area contributed by atoms with Crippen LogP contribution in [0.5, 0.6) is 5.75 Å². The highest BCUT2D eigenvalue weighted by Gasteiger charge is 2.18. The number of anilines is 3. The van der Waals surface area contributed by atoms with E-state index < -0.39 is 0 Å². The fourth-order valence-corrected chi connectivity index (χ4v) is 4.77. The Balaban J connectivity index is 1.67. The zero-order valence-electron chi connectivity index (χ0n) is 18.2. The Kier molecular flexibility index (Phi) is 4.26. The first-order valence-corrected chi connectivity index (χ1v) is 10.9. The van der Waals surface area contributed by atoms with Crippen molar-refractivity contribution in [1.29, 1.82) is 0 Å². The van der Waals surface area contributed by atoms with Crippen LogP contribution in [-0.4, -0.2) is 7.11 Å². The van der Waals surface area contributed by atoms with Crippen LogP contribution in [0.2, 0.25) is 0 Å². The lowest BCUT2D eigenvalue weighted by atomic mass is 9.93. The van der Waals surface area contributed by atoms with Crippen molar-refractivity contribution in [2.45, 2.75) is 6.92 Å². The van der Waals surface area contributed by atoms with E-state index in [-0.39, 0.29) is 0 Å². The number of rotatable bonds is 4. The summed E-state index contributed by atoms with van der Waals surface area (Å²) in [5.41, 5.74) is 4.66. The molecular formula is C30H23NO. The molecule has 32 heavy (non-hydrogen) atoms. The Morgan fingerprint density at radius 3 is 1.78 bits per heavy atom. The maximum Gasteiger partial charge on any atom is 0.119 e. The smallest absolute Gasteiger partial charge is 0.119 e. The van der Waals surface area contributed by atoms with Crippen LogP contribution in [0.25, 0.3) is 32.3 Å². The Morgan fingerprint density at radius 1 is 0.562 bits per heavy atom. The Morgan fingerprint density at radius 2 is 1.12 bits per heavy atom. The summed E-state index contributed by atoms with van der Waals surface area (Å²) in [5.74, 6) is 0.855. The van der Waals surface area contributed by atoms with E-state index >= 15 is 0 Å². The van der Waals surface area contributed by atoms with Gasteiger partial charge in [0.1, 0.15) is 5.75 Å². The van der Waals surface area contributed by atoms with E-state index in [1.54, 1.807) is 7.11 Å². The monoisotopic (exact) mass is 413 g/mol. The minimum absolute atomic E-state index is 0.855. The van der Waals surface area contributed by atoms with Gasteiger partial charge in [-0.1, -0.05) is 66.2 Å². The molecule has 0 aliphatic carbocycles. The van der Waals surface area contributed by atoms with Crippen LogP contribution in [0.1, 0.15) is 5.56 Å². The molecule has 0 saturated heterocycles. The van der Waals surface area contributed by atoms with Gasteiger partial charge in [-0.3, -0.25) is 0 Å². The van der Waals surface area contributed by atoms with Gasteiger partial charge in [-0.2, -0.15) is 0 Å². The molecule has 0 heterocycles. The van der Waals surface area contributed by atoms with Crippen molar-refractivity contribution in [2.75, 3.05) is 12.0 Å². The first kappa shape index (κ1) is 18.7. The molecule has 0 saturated carbocycles. The standard InChI is InChI=1S/C30H23NO/c1-20-6-12-24(13-7-20)31(25-14-16-26(32-2)17-15-25)28-19-11-23-9-8-21-4-3-5-22-10-18-27(28)30(23)29(21)22/h3-19H,1-2H3. The highest BCUT2D eigenvalue weighted by Crippen LogP contribution is 2.43. The van der Waals surface area contributed by atoms with E-state index in [1.165, 1.54) is 43.6 Å². The molecule has 0 bridgehead atoms. The molecule has 6 aromatic carbocycles. The van der Waals surface area contributed by atoms with Crippen LogP contribution >= 0.6 is 0 Å². The van der Waals surface area contributed by atoms with E-state index in [9.17, 15) is 0 Å². The Hall–Kier alpha value is -4.04. The lowest BCUT2D eigenvalue weighted by Gasteiger charge is -2.28. The number of hydrogen-bond donors (Lipinski definition) is 0. The summed E-state index contributed by atoms with van der Waals surface area (Å²) in [6.45, 7) is 2.12. The number of benzene rings is 6. The second kappa shape index (κ2) is 7.28. The highest BCUT2D eigenvalue weighted by molar-refractivity contribution is 6.25. The summed E-state index contributed by atoms with van der Waals surface area (Å²) >= 11 is 0. The maximum absolute atomic E-state index is 5.40. The minimum atomic E-state index is 0.855. The maximum atomic E-state index is 5.40. The fourth-order valence-electron chi connectivity index (χ4n) is 4.77. The quantitative estimate of drug-likeness (QED) is 0.269. The van der Waals surface area contributed by atoms with E-state index in [1.807, 2.05) is 12.1 Å². The number of ether oxygens (including phenoxy) is 1. The summed E-state index contributed by atoms with van der Waals surface area (Å²) in [6.07, 6.45) is 0. The highest BCUT2D eigenvalue weighted by atomic mass is 16.5. The molecular weight excluding hydrogens is 390 g/mol. The fraction of sp³-hybridized carbons (Fsp3) is 0.0667. The third-order valence-corrected chi connectivity index (χ3v) is 6.37. The lowest BCUT2D eigenvalue weighted by Crippen LogP contribution is -2.10. The van der Waals surface area contributed by atoms with E-state index in [4.69, 9.17) is 4.74 Å². The third-order valence-electron chi connectivity index (χ3n) is 6.37. The van der Waals surface area contributed by atoms with Gasteiger partial charge in [-0.15, -0.1) is 0 Å². The number of aryl methyl sites for hydroxylation is 1. The van der Waals surface area contributed by atoms with Gasteiger partial charge in [-0.05, 0) is 76.3 Å². The van der Waals surface area contributed by atoms with Crippen molar-refractivity contribution >= 4 is 49.4 Å². The van der Waals surface area contributed by atoms with Crippen LogP contribution in [0.15, 0.2) is 103 Å². The molecule has 2 heteroatoms. The van der Waals surface area contributed by atoms with Crippen molar-refractivity contribution in [3.8, 4) is 5.75 Å². The molecule has 0 atom stereocenters. The molecule has 0 amide bonds. The van der Waals surface area contributed by atoms with Crippen molar-refractivity contribution in [3.63, 3.8) is 0 Å². The van der Waals surface area contributed by atoms with Gasteiger partial charge < -0.3 is 9.64 Å². The Bertz CT molecular complexity index is 1530. The molecule has 0 aliphatic heterocycles. The zero-order chi connectivity index (χ0) is 21.7. The summed E-state index contributed by atoms with van der Waals surface area (Å²) < 4.78 is 5.40. The number of nitrogens with zero attached hydrogens (tertiary/aromatic N) is 1. The summed E-state index contributed by atoms with van der Waals surface area (Å²) in [4.78, 5) is 2.34. The van der Waals surface area contributed by atoms with Gasteiger partial charge in [0.25, 0.3) is 0 Å². The largest absolute Gasteiger partial charge is 0.497 e. The second-order valence-corrected chi connectivity index (χ2v) is 8.31. The van der Waals surface area contributed by atoms with E-state index in [2.05, 4.69) is 103 Å². The molecule has 0 N–H and O–H groups in total. The predicted molar refractivity (Wildman–Crippen MR) is 136 cm³/mol. The lowest BCUT2D eigenvalue weighted by molar-refractivity contribution is 0.415. The summed E-state index contributed by atoms with van der Waals surface area (Å²) in [7, 11) is 1.70. The normalized spacial score (nSPS) is 11.4. The molecule has 6 aromatic rings. The van der Waals surface area contributed by atoms with Crippen LogP contribution in [-0.2, 0) is 0 Å². The first-order valence-electron chi connectivity index (χ1n) is 10.9. The van der Waals surface area contributed by atoms with Gasteiger partial charge in [0.2, 0.25) is 0 Å². The molecule has 0 spiro atoms. The predicted octanol–water partition coefficient (Wildman–Crippen LogP) is 8.37.